The summed E-state index contributed by atoms with van der Waals surface area (Å²) in [5.74, 6) is 2.19. The highest BCUT2D eigenvalue weighted by atomic mass is 16.5. The van der Waals surface area contributed by atoms with Crippen molar-refractivity contribution in [2.24, 2.45) is 0 Å². The van der Waals surface area contributed by atoms with Crippen molar-refractivity contribution >= 4 is 16.9 Å². The molecule has 0 aliphatic carbocycles. The number of aliphatic hydroxyl groups excluding tert-OH is 1. The van der Waals surface area contributed by atoms with Gasteiger partial charge in [-0.1, -0.05) is 23.8 Å². The predicted octanol–water partition coefficient (Wildman–Crippen LogP) is 4.00. The maximum absolute atomic E-state index is 9.72. The van der Waals surface area contributed by atoms with E-state index in [-0.39, 0.29) is 6.61 Å². The molecule has 3 heterocycles. The molecule has 0 amide bonds. The molecule has 1 aliphatic rings. The first-order valence-corrected chi connectivity index (χ1v) is 11.0. The van der Waals surface area contributed by atoms with E-state index >= 15 is 0 Å². The number of morpholine rings is 1. The van der Waals surface area contributed by atoms with Gasteiger partial charge in [-0.2, -0.15) is 0 Å². The summed E-state index contributed by atoms with van der Waals surface area (Å²) >= 11 is 0. The Morgan fingerprint density at radius 2 is 1.82 bits per heavy atom. The lowest BCUT2D eigenvalue weighted by atomic mass is 10.1. The van der Waals surface area contributed by atoms with E-state index in [1.54, 1.807) is 7.11 Å². The van der Waals surface area contributed by atoms with Gasteiger partial charge in [-0.3, -0.25) is 0 Å². The van der Waals surface area contributed by atoms with Crippen LogP contribution in [0.2, 0.25) is 0 Å². The summed E-state index contributed by atoms with van der Waals surface area (Å²) in [6, 6.07) is 17.9. The summed E-state index contributed by atoms with van der Waals surface area (Å²) in [6.07, 6.45) is 0. The number of aromatic nitrogens is 3. The highest BCUT2D eigenvalue weighted by Gasteiger charge is 2.19. The van der Waals surface area contributed by atoms with Crippen molar-refractivity contribution in [3.8, 4) is 28.4 Å². The maximum Gasteiger partial charge on any atom is 0.165 e. The molecule has 5 rings (SSSR count). The van der Waals surface area contributed by atoms with Crippen LogP contribution in [0.15, 0.2) is 54.6 Å². The number of rotatable bonds is 5. The van der Waals surface area contributed by atoms with Crippen LogP contribution in [0.1, 0.15) is 11.1 Å². The van der Waals surface area contributed by atoms with Gasteiger partial charge in [-0.15, -0.1) is 0 Å². The van der Waals surface area contributed by atoms with Gasteiger partial charge in [-0.25, -0.2) is 15.0 Å². The predicted molar refractivity (Wildman–Crippen MR) is 128 cm³/mol. The summed E-state index contributed by atoms with van der Waals surface area (Å²) in [6.45, 7) is 4.86. The topological polar surface area (TPSA) is 80.6 Å². The molecular weight excluding hydrogens is 416 g/mol. The molecule has 1 N–H and O–H groups in total. The van der Waals surface area contributed by atoms with Crippen LogP contribution in [0.3, 0.4) is 0 Å². The Hall–Kier alpha value is -3.55. The summed E-state index contributed by atoms with van der Waals surface area (Å²) in [7, 11) is 1.60. The van der Waals surface area contributed by atoms with Gasteiger partial charge >= 0.3 is 0 Å². The third kappa shape index (κ3) is 4.25. The van der Waals surface area contributed by atoms with Crippen molar-refractivity contribution in [3.63, 3.8) is 0 Å². The maximum atomic E-state index is 9.72. The van der Waals surface area contributed by atoms with Crippen molar-refractivity contribution in [2.75, 3.05) is 38.3 Å². The summed E-state index contributed by atoms with van der Waals surface area (Å²) in [4.78, 5) is 17.0. The average Bonchev–Trinajstić information content (AvgIpc) is 2.87. The third-order valence-electron chi connectivity index (χ3n) is 5.87. The first kappa shape index (κ1) is 21.3. The second kappa shape index (κ2) is 9.13. The van der Waals surface area contributed by atoms with Gasteiger partial charge in [0.25, 0.3) is 0 Å². The lowest BCUT2D eigenvalue weighted by molar-refractivity contribution is 0.122. The number of nitrogens with zero attached hydrogens (tertiary/aromatic N) is 4. The summed E-state index contributed by atoms with van der Waals surface area (Å²) < 4.78 is 10.9. The molecule has 1 saturated heterocycles. The van der Waals surface area contributed by atoms with E-state index in [0.717, 1.165) is 46.7 Å². The fourth-order valence-corrected chi connectivity index (χ4v) is 4.15. The number of aryl methyl sites for hydroxylation is 1. The van der Waals surface area contributed by atoms with Crippen molar-refractivity contribution < 1.29 is 14.6 Å². The van der Waals surface area contributed by atoms with E-state index in [2.05, 4.69) is 24.0 Å². The minimum Gasteiger partial charge on any atom is -0.496 e. The molecule has 2 aromatic carbocycles. The molecule has 7 nitrogen and oxygen atoms in total. The number of fused-ring (bicyclic) bond motifs is 1. The number of aliphatic hydroxyl groups is 1. The minimum absolute atomic E-state index is 0.106. The Morgan fingerprint density at radius 3 is 2.58 bits per heavy atom. The summed E-state index contributed by atoms with van der Waals surface area (Å²) in [5, 5.41) is 10.6. The highest BCUT2D eigenvalue weighted by Crippen LogP contribution is 2.31. The standard InChI is InChI=1S/C26H26N4O3/c1-17-4-3-5-19(14-17)24-28-25-21(26(29-24)30-10-12-33-13-11-30)7-8-22(27-25)18-6-9-23(32-2)20(15-18)16-31/h3-9,14-15,31H,10-13,16H2,1-2H3. The fourth-order valence-electron chi connectivity index (χ4n) is 4.15. The van der Waals surface area contributed by atoms with Gasteiger partial charge in [-0.05, 0) is 43.3 Å². The van der Waals surface area contributed by atoms with Gasteiger partial charge in [0, 0.05) is 29.8 Å². The first-order valence-electron chi connectivity index (χ1n) is 11.0. The first-order chi connectivity index (χ1) is 16.2. The van der Waals surface area contributed by atoms with Crippen molar-refractivity contribution in [3.05, 3.63) is 65.7 Å². The molecule has 1 aliphatic heterocycles. The Balaban J connectivity index is 1.67. The summed E-state index contributed by atoms with van der Waals surface area (Å²) in [5.41, 5.74) is 5.15. The number of ether oxygens (including phenoxy) is 2. The van der Waals surface area contributed by atoms with E-state index in [9.17, 15) is 5.11 Å². The molecule has 0 atom stereocenters. The van der Waals surface area contributed by atoms with Crippen LogP contribution >= 0.6 is 0 Å². The zero-order chi connectivity index (χ0) is 22.8. The number of hydrogen-bond acceptors (Lipinski definition) is 7. The smallest absolute Gasteiger partial charge is 0.165 e. The average molecular weight is 443 g/mol. The molecule has 0 unspecified atom stereocenters. The van der Waals surface area contributed by atoms with Crippen LogP contribution in [0.5, 0.6) is 5.75 Å². The van der Waals surface area contributed by atoms with Crippen molar-refractivity contribution in [1.29, 1.82) is 0 Å². The second-order valence-corrected chi connectivity index (χ2v) is 8.09. The second-order valence-electron chi connectivity index (χ2n) is 8.09. The number of hydrogen-bond donors (Lipinski definition) is 1. The lowest BCUT2D eigenvalue weighted by Gasteiger charge is -2.29. The normalized spacial score (nSPS) is 14.0. The van der Waals surface area contributed by atoms with E-state index < -0.39 is 0 Å². The molecule has 2 aromatic heterocycles. The van der Waals surface area contributed by atoms with Crippen LogP contribution in [-0.4, -0.2) is 53.5 Å². The Kier molecular flexibility index (Phi) is 5.90. The van der Waals surface area contributed by atoms with E-state index in [0.29, 0.717) is 36.0 Å². The quantitative estimate of drug-likeness (QED) is 0.500. The third-order valence-corrected chi connectivity index (χ3v) is 5.87. The van der Waals surface area contributed by atoms with E-state index in [1.165, 1.54) is 0 Å². The van der Waals surface area contributed by atoms with Gasteiger partial charge in [0.15, 0.2) is 11.5 Å². The van der Waals surface area contributed by atoms with Crippen LogP contribution in [0.4, 0.5) is 5.82 Å². The molecule has 7 heteroatoms. The van der Waals surface area contributed by atoms with Crippen LogP contribution in [-0.2, 0) is 11.3 Å². The van der Waals surface area contributed by atoms with Crippen LogP contribution < -0.4 is 9.64 Å². The fraction of sp³-hybridized carbons (Fsp3) is 0.269. The molecule has 1 fully saturated rings. The van der Waals surface area contributed by atoms with E-state index in [1.807, 2.05) is 42.5 Å². The van der Waals surface area contributed by atoms with E-state index in [4.69, 9.17) is 24.4 Å². The molecule has 0 spiro atoms. The Bertz CT molecular complexity index is 1300. The molecule has 0 bridgehead atoms. The van der Waals surface area contributed by atoms with Gasteiger partial charge in [0.2, 0.25) is 0 Å². The van der Waals surface area contributed by atoms with Crippen LogP contribution in [0.25, 0.3) is 33.7 Å². The van der Waals surface area contributed by atoms with Gasteiger partial charge < -0.3 is 19.5 Å². The van der Waals surface area contributed by atoms with Gasteiger partial charge in [0.05, 0.1) is 38.0 Å². The zero-order valence-corrected chi connectivity index (χ0v) is 18.8. The molecule has 168 valence electrons. The number of pyridine rings is 1. The monoisotopic (exact) mass is 442 g/mol. The Morgan fingerprint density at radius 1 is 0.970 bits per heavy atom. The molecule has 0 saturated carbocycles. The lowest BCUT2D eigenvalue weighted by Crippen LogP contribution is -2.37. The molecule has 0 radical (unpaired) electrons. The molecular formula is C26H26N4O3. The largest absolute Gasteiger partial charge is 0.496 e. The number of anilines is 1. The highest BCUT2D eigenvalue weighted by molar-refractivity contribution is 5.90. The number of methoxy groups -OCH3 is 1. The zero-order valence-electron chi connectivity index (χ0n) is 18.8. The molecule has 33 heavy (non-hydrogen) atoms. The van der Waals surface area contributed by atoms with Crippen LogP contribution in [0, 0.1) is 6.92 Å². The van der Waals surface area contributed by atoms with Crippen molar-refractivity contribution in [1.82, 2.24) is 15.0 Å². The SMILES string of the molecule is COc1ccc(-c2ccc3c(N4CCOCC4)nc(-c4cccc(C)c4)nc3n2)cc1CO. The molecule has 4 aromatic rings. The van der Waals surface area contributed by atoms with Crippen molar-refractivity contribution in [2.45, 2.75) is 13.5 Å². The minimum atomic E-state index is -0.106. The number of benzene rings is 2. The van der Waals surface area contributed by atoms with Gasteiger partial charge in [0.1, 0.15) is 11.6 Å². The Labute approximate surface area is 192 Å².